The molecule has 0 aliphatic carbocycles. The molecule has 1 N–H and O–H groups in total. The molecule has 11 heteroatoms. The van der Waals surface area contributed by atoms with E-state index in [1.807, 2.05) is 26.0 Å². The number of rotatable bonds is 12. The van der Waals surface area contributed by atoms with E-state index in [4.69, 9.17) is 4.74 Å². The van der Waals surface area contributed by atoms with Crippen LogP contribution in [0, 0.1) is 6.92 Å². The molecule has 1 aliphatic heterocycles. The summed E-state index contributed by atoms with van der Waals surface area (Å²) >= 11 is 0. The van der Waals surface area contributed by atoms with Crippen molar-refractivity contribution >= 4 is 31.6 Å². The molecule has 0 unspecified atom stereocenters. The van der Waals surface area contributed by atoms with Gasteiger partial charge in [0.15, 0.2) is 0 Å². The highest BCUT2D eigenvalue weighted by molar-refractivity contribution is 7.92. The van der Waals surface area contributed by atoms with E-state index < -0.39 is 32.5 Å². The van der Waals surface area contributed by atoms with E-state index in [9.17, 15) is 21.6 Å². The number of carbonyl (C=O) groups excluding carboxylic acids is 1. The maximum atomic E-state index is 13.6. The first-order chi connectivity index (χ1) is 19.6. The minimum absolute atomic E-state index is 0.107. The van der Waals surface area contributed by atoms with Crippen LogP contribution in [0.4, 0.5) is 5.69 Å². The minimum Gasteiger partial charge on any atom is -0.492 e. The number of nitrogens with one attached hydrogen (secondary N) is 1. The molecule has 4 rings (SSSR count). The van der Waals surface area contributed by atoms with Gasteiger partial charge < -0.3 is 10.1 Å². The molecule has 0 aromatic heterocycles. The number of nitrogens with zero attached hydrogens (tertiary/aromatic N) is 2. The maximum absolute atomic E-state index is 13.6. The molecular weight excluding hydrogens is 562 g/mol. The Morgan fingerprint density at radius 3 is 2.17 bits per heavy atom. The van der Waals surface area contributed by atoms with Crippen molar-refractivity contribution in [2.24, 2.45) is 0 Å². The van der Waals surface area contributed by atoms with Crippen LogP contribution in [0.2, 0.25) is 0 Å². The van der Waals surface area contributed by atoms with Gasteiger partial charge in [0.2, 0.25) is 15.9 Å². The highest BCUT2D eigenvalue weighted by Gasteiger charge is 2.29. The highest BCUT2D eigenvalue weighted by atomic mass is 32.2. The molecular formula is C30H37N3O6S2. The predicted octanol–water partition coefficient (Wildman–Crippen LogP) is 4.12. The molecule has 41 heavy (non-hydrogen) atoms. The van der Waals surface area contributed by atoms with Crippen molar-refractivity contribution in [2.45, 2.75) is 49.3 Å². The summed E-state index contributed by atoms with van der Waals surface area (Å²) in [5.74, 6) is -0.00421. The van der Waals surface area contributed by atoms with E-state index in [-0.39, 0.29) is 22.9 Å². The van der Waals surface area contributed by atoms with Crippen LogP contribution in [-0.4, -0.2) is 59.8 Å². The molecule has 0 bridgehead atoms. The average Bonchev–Trinajstić information content (AvgIpc) is 2.99. The number of sulfonamides is 2. The normalized spacial score (nSPS) is 14.4. The summed E-state index contributed by atoms with van der Waals surface area (Å²) in [4.78, 5) is 13.3. The van der Waals surface area contributed by atoms with E-state index in [0.29, 0.717) is 30.9 Å². The Morgan fingerprint density at radius 1 is 0.878 bits per heavy atom. The average molecular weight is 600 g/mol. The van der Waals surface area contributed by atoms with E-state index in [1.54, 1.807) is 48.5 Å². The van der Waals surface area contributed by atoms with Crippen LogP contribution >= 0.6 is 0 Å². The molecule has 1 amide bonds. The monoisotopic (exact) mass is 599 g/mol. The highest BCUT2D eigenvalue weighted by Crippen LogP contribution is 2.28. The molecule has 0 atom stereocenters. The molecule has 1 heterocycles. The number of aryl methyl sites for hydroxylation is 2. The van der Waals surface area contributed by atoms with Gasteiger partial charge in [0.05, 0.1) is 22.0 Å². The van der Waals surface area contributed by atoms with Gasteiger partial charge in [-0.15, -0.1) is 0 Å². The van der Waals surface area contributed by atoms with Gasteiger partial charge in [-0.25, -0.2) is 16.8 Å². The molecule has 0 spiro atoms. The molecule has 1 aliphatic rings. The Balaban J connectivity index is 1.37. The van der Waals surface area contributed by atoms with Crippen molar-refractivity contribution in [2.75, 3.05) is 37.1 Å². The Kier molecular flexibility index (Phi) is 10.1. The molecule has 1 fully saturated rings. The van der Waals surface area contributed by atoms with Gasteiger partial charge >= 0.3 is 0 Å². The minimum atomic E-state index is -4.01. The summed E-state index contributed by atoms with van der Waals surface area (Å²) in [5.41, 5.74) is 2.20. The van der Waals surface area contributed by atoms with Crippen LogP contribution in [0.1, 0.15) is 37.3 Å². The zero-order chi connectivity index (χ0) is 29.5. The Bertz CT molecular complexity index is 1530. The molecule has 3 aromatic carbocycles. The van der Waals surface area contributed by atoms with Gasteiger partial charge in [-0.3, -0.25) is 9.10 Å². The van der Waals surface area contributed by atoms with Crippen molar-refractivity contribution in [1.29, 1.82) is 0 Å². The van der Waals surface area contributed by atoms with Gasteiger partial charge in [-0.05, 0) is 74.2 Å². The third-order valence-corrected chi connectivity index (χ3v) is 10.7. The largest absolute Gasteiger partial charge is 0.492 e. The summed E-state index contributed by atoms with van der Waals surface area (Å²) in [6.45, 7) is 4.75. The number of amides is 1. The van der Waals surface area contributed by atoms with Crippen LogP contribution in [0.25, 0.3) is 0 Å². The third kappa shape index (κ3) is 7.46. The van der Waals surface area contributed by atoms with Gasteiger partial charge in [0.1, 0.15) is 18.9 Å². The lowest BCUT2D eigenvalue weighted by molar-refractivity contribution is -0.119. The smallest absolute Gasteiger partial charge is 0.264 e. The lowest BCUT2D eigenvalue weighted by atomic mass is 10.1. The van der Waals surface area contributed by atoms with E-state index in [2.05, 4.69) is 5.32 Å². The fourth-order valence-corrected chi connectivity index (χ4v) is 7.67. The second-order valence-electron chi connectivity index (χ2n) is 9.94. The van der Waals surface area contributed by atoms with Gasteiger partial charge in [-0.1, -0.05) is 49.2 Å². The Hall–Kier alpha value is -3.41. The molecule has 9 nitrogen and oxygen atoms in total. The number of hydrogen-bond donors (Lipinski definition) is 1. The quantitative estimate of drug-likeness (QED) is 0.314. The number of ether oxygens (including phenoxy) is 1. The van der Waals surface area contributed by atoms with Crippen LogP contribution < -0.4 is 14.4 Å². The van der Waals surface area contributed by atoms with E-state index in [0.717, 1.165) is 34.7 Å². The molecule has 3 aromatic rings. The summed E-state index contributed by atoms with van der Waals surface area (Å²) in [6, 6.07) is 19.9. The number of hydrogen-bond acceptors (Lipinski definition) is 6. The predicted molar refractivity (Wildman–Crippen MR) is 159 cm³/mol. The second-order valence-corrected chi connectivity index (χ2v) is 13.7. The fraction of sp³-hybridized carbons (Fsp3) is 0.367. The number of para-hydroxylation sites is 1. The van der Waals surface area contributed by atoms with Crippen LogP contribution in [-0.2, 0) is 31.3 Å². The first-order valence-electron chi connectivity index (χ1n) is 13.8. The van der Waals surface area contributed by atoms with Gasteiger partial charge in [-0.2, -0.15) is 4.31 Å². The maximum Gasteiger partial charge on any atom is 0.264 e. The summed E-state index contributed by atoms with van der Waals surface area (Å²) in [7, 11) is -7.53. The Morgan fingerprint density at radius 2 is 1.51 bits per heavy atom. The SMILES string of the molecule is CCc1ccccc1N(CC(=O)NCCOc1ccc(S(=O)(=O)N2CCCCC2)cc1)S(=O)(=O)c1ccc(C)cc1. The Labute approximate surface area is 243 Å². The van der Waals surface area contributed by atoms with Crippen molar-refractivity contribution in [3.8, 4) is 5.75 Å². The number of carbonyl (C=O) groups is 1. The zero-order valence-corrected chi connectivity index (χ0v) is 25.1. The van der Waals surface area contributed by atoms with E-state index in [1.165, 1.54) is 16.4 Å². The molecule has 0 radical (unpaired) electrons. The molecule has 1 saturated heterocycles. The van der Waals surface area contributed by atoms with Crippen LogP contribution in [0.5, 0.6) is 5.75 Å². The summed E-state index contributed by atoms with van der Waals surface area (Å²) < 4.78 is 61.3. The van der Waals surface area contributed by atoms with Gasteiger partial charge in [0.25, 0.3) is 10.0 Å². The number of piperidine rings is 1. The first kappa shape index (κ1) is 30.5. The number of benzene rings is 3. The van der Waals surface area contributed by atoms with Crippen LogP contribution in [0.3, 0.4) is 0 Å². The van der Waals surface area contributed by atoms with Crippen molar-refractivity contribution in [3.63, 3.8) is 0 Å². The third-order valence-electron chi connectivity index (χ3n) is 7.01. The van der Waals surface area contributed by atoms with Crippen LogP contribution in [0.15, 0.2) is 82.6 Å². The molecule has 0 saturated carbocycles. The lowest BCUT2D eigenvalue weighted by Crippen LogP contribution is -2.42. The van der Waals surface area contributed by atoms with Crippen molar-refractivity contribution in [3.05, 3.63) is 83.9 Å². The lowest BCUT2D eigenvalue weighted by Gasteiger charge is -2.26. The first-order valence-corrected chi connectivity index (χ1v) is 16.7. The fourth-order valence-electron chi connectivity index (χ4n) is 4.70. The molecule has 220 valence electrons. The standard InChI is InChI=1S/C30H37N3O6S2/c1-3-25-9-5-6-10-29(25)33(41(37,38)28-15-11-24(2)12-16-28)23-30(34)31-19-22-39-26-13-17-27(18-14-26)40(35,36)32-20-7-4-8-21-32/h5-6,9-18H,3-4,7-8,19-23H2,1-2H3,(H,31,34). The van der Waals surface area contributed by atoms with Crippen molar-refractivity contribution in [1.82, 2.24) is 9.62 Å². The van der Waals surface area contributed by atoms with Gasteiger partial charge in [0, 0.05) is 13.1 Å². The summed E-state index contributed by atoms with van der Waals surface area (Å²) in [5, 5.41) is 2.73. The second kappa shape index (κ2) is 13.5. The number of anilines is 1. The summed E-state index contributed by atoms with van der Waals surface area (Å²) in [6.07, 6.45) is 3.38. The zero-order valence-electron chi connectivity index (χ0n) is 23.5. The van der Waals surface area contributed by atoms with Crippen molar-refractivity contribution < 1.29 is 26.4 Å². The topological polar surface area (TPSA) is 113 Å². The van der Waals surface area contributed by atoms with E-state index >= 15 is 0 Å².